The first kappa shape index (κ1) is 16.9. The average molecular weight is 374 g/mol. The molecule has 0 spiro atoms. The lowest BCUT2D eigenvalue weighted by atomic mass is 10.3. The van der Waals surface area contributed by atoms with Gasteiger partial charge in [-0.15, -0.1) is 0 Å². The van der Waals surface area contributed by atoms with Crippen LogP contribution in [0, 0.1) is 0 Å². The van der Waals surface area contributed by atoms with E-state index in [0.29, 0.717) is 31.3 Å². The Morgan fingerprint density at radius 2 is 1.73 bits per heavy atom. The van der Waals surface area contributed by atoms with E-state index < -0.39 is 16.1 Å². The molecule has 1 saturated heterocycles. The van der Waals surface area contributed by atoms with Crippen LogP contribution in [0.1, 0.15) is 6.42 Å². The molecule has 8 heteroatoms. The Morgan fingerprint density at radius 3 is 2.50 bits per heavy atom. The average Bonchev–Trinajstić information content (AvgIpc) is 3.01. The Hall–Kier alpha value is -2.58. The number of fused-ring (bicyclic) bond motifs is 1. The third-order valence-electron chi connectivity index (χ3n) is 4.34. The van der Waals surface area contributed by atoms with Gasteiger partial charge in [-0.3, -0.25) is 4.79 Å². The molecule has 0 aliphatic carbocycles. The van der Waals surface area contributed by atoms with E-state index in [1.807, 2.05) is 30.3 Å². The molecule has 4 rings (SSSR count). The van der Waals surface area contributed by atoms with E-state index in [0.717, 1.165) is 5.69 Å². The van der Waals surface area contributed by atoms with Gasteiger partial charge in [-0.05, 0) is 24.3 Å². The number of para-hydroxylation sites is 1. The fraction of sp³-hybridized carbons (Fsp3) is 0.278. The predicted molar refractivity (Wildman–Crippen MR) is 95.0 cm³/mol. The van der Waals surface area contributed by atoms with Gasteiger partial charge in [0.2, 0.25) is 15.9 Å². The second-order valence-corrected chi connectivity index (χ2v) is 7.88. The summed E-state index contributed by atoms with van der Waals surface area (Å²) in [6, 6.07) is 13.2. The quantitative estimate of drug-likeness (QED) is 0.878. The van der Waals surface area contributed by atoms with Crippen molar-refractivity contribution in [2.24, 2.45) is 0 Å². The number of carbonyl (C=O) groups is 1. The molecule has 26 heavy (non-hydrogen) atoms. The smallest absolute Gasteiger partial charge is 0.241 e. The summed E-state index contributed by atoms with van der Waals surface area (Å²) < 4.78 is 38.8. The number of amides is 1. The minimum atomic E-state index is -3.77. The number of ether oxygens (including phenoxy) is 2. The predicted octanol–water partition coefficient (Wildman–Crippen LogP) is 1.54. The van der Waals surface area contributed by atoms with Gasteiger partial charge in [-0.25, -0.2) is 13.1 Å². The molecule has 0 aromatic heterocycles. The summed E-state index contributed by atoms with van der Waals surface area (Å²) in [5.41, 5.74) is 0.763. The zero-order valence-corrected chi connectivity index (χ0v) is 14.7. The van der Waals surface area contributed by atoms with Crippen molar-refractivity contribution in [3.8, 4) is 11.5 Å². The summed E-state index contributed by atoms with van der Waals surface area (Å²) in [6.07, 6.45) is 0.124. The maximum Gasteiger partial charge on any atom is 0.241 e. The number of nitrogens with one attached hydrogen (secondary N) is 1. The normalized spacial score (nSPS) is 19.6. The third kappa shape index (κ3) is 3.25. The van der Waals surface area contributed by atoms with E-state index in [2.05, 4.69) is 4.72 Å². The van der Waals surface area contributed by atoms with Crippen LogP contribution in [0.25, 0.3) is 0 Å². The number of nitrogens with zero attached hydrogens (tertiary/aromatic N) is 1. The standard InChI is InChI=1S/C18H18N2O5S/c21-18-10-13(12-20(18)14-4-2-1-3-5-14)19-26(22,23)15-6-7-16-17(11-15)25-9-8-24-16/h1-7,11,13,19H,8-10,12H2. The van der Waals surface area contributed by atoms with Crippen molar-refractivity contribution >= 4 is 21.6 Å². The highest BCUT2D eigenvalue weighted by molar-refractivity contribution is 7.89. The Labute approximate surface area is 151 Å². The lowest BCUT2D eigenvalue weighted by Crippen LogP contribution is -2.37. The van der Waals surface area contributed by atoms with Crippen LogP contribution in [0.2, 0.25) is 0 Å². The van der Waals surface area contributed by atoms with Gasteiger partial charge in [0.25, 0.3) is 0 Å². The molecule has 2 heterocycles. The lowest BCUT2D eigenvalue weighted by Gasteiger charge is -2.20. The molecule has 0 radical (unpaired) electrons. The lowest BCUT2D eigenvalue weighted by molar-refractivity contribution is -0.117. The highest BCUT2D eigenvalue weighted by Crippen LogP contribution is 2.32. The van der Waals surface area contributed by atoms with Gasteiger partial charge in [0.15, 0.2) is 11.5 Å². The molecule has 1 atom stereocenters. The first-order valence-electron chi connectivity index (χ1n) is 8.30. The summed E-state index contributed by atoms with van der Waals surface area (Å²) in [4.78, 5) is 13.9. The highest BCUT2D eigenvalue weighted by Gasteiger charge is 2.33. The second kappa shape index (κ2) is 6.62. The molecule has 0 saturated carbocycles. The Morgan fingerprint density at radius 1 is 1.00 bits per heavy atom. The van der Waals surface area contributed by atoms with Gasteiger partial charge in [0, 0.05) is 30.8 Å². The highest BCUT2D eigenvalue weighted by atomic mass is 32.2. The van der Waals surface area contributed by atoms with Crippen molar-refractivity contribution in [3.63, 3.8) is 0 Å². The molecule has 2 aromatic carbocycles. The summed E-state index contributed by atoms with van der Waals surface area (Å²) in [5.74, 6) is 0.833. The molecule has 2 aliphatic heterocycles. The first-order valence-corrected chi connectivity index (χ1v) is 9.79. The molecule has 136 valence electrons. The topological polar surface area (TPSA) is 84.9 Å². The van der Waals surface area contributed by atoms with Crippen LogP contribution in [0.15, 0.2) is 53.4 Å². The number of hydrogen-bond acceptors (Lipinski definition) is 5. The van der Waals surface area contributed by atoms with Crippen LogP contribution >= 0.6 is 0 Å². The maximum atomic E-state index is 12.7. The van der Waals surface area contributed by atoms with Gasteiger partial charge < -0.3 is 14.4 Å². The number of sulfonamides is 1. The van der Waals surface area contributed by atoms with Crippen LogP contribution in [0.5, 0.6) is 11.5 Å². The monoisotopic (exact) mass is 374 g/mol. The molecule has 1 fully saturated rings. The number of rotatable bonds is 4. The van der Waals surface area contributed by atoms with Crippen molar-refractivity contribution < 1.29 is 22.7 Å². The maximum absolute atomic E-state index is 12.7. The van der Waals surface area contributed by atoms with Gasteiger partial charge in [0.05, 0.1) is 4.90 Å². The van der Waals surface area contributed by atoms with E-state index in [1.54, 1.807) is 11.0 Å². The summed E-state index contributed by atoms with van der Waals surface area (Å²) >= 11 is 0. The van der Waals surface area contributed by atoms with E-state index in [4.69, 9.17) is 9.47 Å². The van der Waals surface area contributed by atoms with E-state index in [-0.39, 0.29) is 17.2 Å². The van der Waals surface area contributed by atoms with Crippen LogP contribution in [0.4, 0.5) is 5.69 Å². The minimum absolute atomic E-state index is 0.0901. The van der Waals surface area contributed by atoms with Crippen molar-refractivity contribution in [2.75, 3.05) is 24.7 Å². The number of hydrogen-bond donors (Lipinski definition) is 1. The molecular weight excluding hydrogens is 356 g/mol. The van der Waals surface area contributed by atoms with E-state index >= 15 is 0 Å². The number of benzene rings is 2. The Bertz CT molecular complexity index is 930. The zero-order valence-electron chi connectivity index (χ0n) is 13.9. The van der Waals surface area contributed by atoms with E-state index in [1.165, 1.54) is 12.1 Å². The zero-order chi connectivity index (χ0) is 18.1. The minimum Gasteiger partial charge on any atom is -0.486 e. The molecule has 1 N–H and O–H groups in total. The van der Waals surface area contributed by atoms with Crippen LogP contribution in [-0.4, -0.2) is 40.1 Å². The largest absolute Gasteiger partial charge is 0.486 e. The first-order chi connectivity index (χ1) is 12.5. The van der Waals surface area contributed by atoms with Gasteiger partial charge in [0.1, 0.15) is 13.2 Å². The van der Waals surface area contributed by atoms with Crippen molar-refractivity contribution in [1.82, 2.24) is 4.72 Å². The molecule has 2 aliphatic rings. The third-order valence-corrected chi connectivity index (χ3v) is 5.86. The second-order valence-electron chi connectivity index (χ2n) is 6.17. The van der Waals surface area contributed by atoms with Crippen molar-refractivity contribution in [2.45, 2.75) is 17.4 Å². The fourth-order valence-electron chi connectivity index (χ4n) is 3.12. The van der Waals surface area contributed by atoms with Crippen LogP contribution in [0.3, 0.4) is 0 Å². The summed E-state index contributed by atoms with van der Waals surface area (Å²) in [7, 11) is -3.77. The van der Waals surface area contributed by atoms with Crippen LogP contribution in [-0.2, 0) is 14.8 Å². The van der Waals surface area contributed by atoms with Gasteiger partial charge >= 0.3 is 0 Å². The van der Waals surface area contributed by atoms with Crippen LogP contribution < -0.4 is 19.1 Å². The Balaban J connectivity index is 1.51. The molecule has 1 unspecified atom stereocenters. The summed E-state index contributed by atoms with van der Waals surface area (Å²) in [5, 5.41) is 0. The molecular formula is C18H18N2O5S. The molecule has 1 amide bonds. The molecule has 2 aromatic rings. The molecule has 0 bridgehead atoms. The van der Waals surface area contributed by atoms with Gasteiger partial charge in [-0.2, -0.15) is 0 Å². The fourth-order valence-corrected chi connectivity index (χ4v) is 4.36. The van der Waals surface area contributed by atoms with Gasteiger partial charge in [-0.1, -0.05) is 18.2 Å². The Kier molecular flexibility index (Phi) is 4.29. The van der Waals surface area contributed by atoms with Crippen molar-refractivity contribution in [1.29, 1.82) is 0 Å². The molecule has 7 nitrogen and oxygen atoms in total. The summed E-state index contributed by atoms with van der Waals surface area (Å²) in [6.45, 7) is 1.12. The van der Waals surface area contributed by atoms with Crippen molar-refractivity contribution in [3.05, 3.63) is 48.5 Å². The number of anilines is 1. The number of carbonyl (C=O) groups excluding carboxylic acids is 1. The van der Waals surface area contributed by atoms with E-state index in [9.17, 15) is 13.2 Å². The SMILES string of the molecule is O=C1CC(NS(=O)(=O)c2ccc3c(c2)OCCO3)CN1c1ccccc1.